The van der Waals surface area contributed by atoms with Gasteiger partial charge >= 0.3 is 0 Å². The summed E-state index contributed by atoms with van der Waals surface area (Å²) in [5, 5.41) is 0.0273. The van der Waals surface area contributed by atoms with Crippen molar-refractivity contribution in [3.8, 4) is 0 Å². The zero-order valence-corrected chi connectivity index (χ0v) is 13.6. The molecular formula is C16H20ClNO2S. The summed E-state index contributed by atoms with van der Waals surface area (Å²) >= 11 is 6.17. The number of hydrogen-bond donors (Lipinski definition) is 0. The number of hydrogen-bond acceptors (Lipinski definition) is 2. The maximum Gasteiger partial charge on any atom is 0.243 e. The summed E-state index contributed by atoms with van der Waals surface area (Å²) < 4.78 is 27.4. The van der Waals surface area contributed by atoms with E-state index in [1.807, 2.05) is 31.2 Å². The molecule has 0 spiro atoms. The lowest BCUT2D eigenvalue weighted by Gasteiger charge is -2.24. The molecule has 0 amide bonds. The van der Waals surface area contributed by atoms with Crippen molar-refractivity contribution in [1.29, 1.82) is 0 Å². The van der Waals surface area contributed by atoms with E-state index in [0.29, 0.717) is 17.4 Å². The lowest BCUT2D eigenvalue weighted by molar-refractivity contribution is 0.380. The number of benzene rings is 1. The third-order valence-electron chi connectivity index (χ3n) is 4.49. The molecule has 3 nitrogen and oxygen atoms in total. The molecule has 5 heteroatoms. The molecule has 2 aliphatic rings. The molecule has 0 saturated carbocycles. The van der Waals surface area contributed by atoms with E-state index in [0.717, 1.165) is 24.8 Å². The first-order chi connectivity index (χ1) is 9.98. The fourth-order valence-electron chi connectivity index (χ4n) is 3.25. The minimum atomic E-state index is -3.42. The van der Waals surface area contributed by atoms with Crippen molar-refractivity contribution >= 4 is 21.6 Å². The molecule has 1 aromatic carbocycles. The van der Waals surface area contributed by atoms with Crippen LogP contribution in [0.1, 0.15) is 24.8 Å². The zero-order chi connectivity index (χ0) is 15.0. The second-order valence-electron chi connectivity index (χ2n) is 5.95. The van der Waals surface area contributed by atoms with Gasteiger partial charge in [0.25, 0.3) is 0 Å². The Balaban J connectivity index is 1.92. The summed E-state index contributed by atoms with van der Waals surface area (Å²) in [6, 6.07) is 7.04. The molecule has 0 N–H and O–H groups in total. The van der Waals surface area contributed by atoms with Crippen molar-refractivity contribution in [2.75, 3.05) is 6.54 Å². The predicted molar refractivity (Wildman–Crippen MR) is 85.0 cm³/mol. The largest absolute Gasteiger partial charge is 0.243 e. The summed E-state index contributed by atoms with van der Waals surface area (Å²) in [6.07, 6.45) is 6.79. The van der Waals surface area contributed by atoms with Crippen LogP contribution in [0.3, 0.4) is 0 Å². The van der Waals surface area contributed by atoms with Gasteiger partial charge in [-0.15, -0.1) is 11.6 Å². The van der Waals surface area contributed by atoms with Crippen LogP contribution in [0.25, 0.3) is 0 Å². The molecule has 0 bridgehead atoms. The molecule has 114 valence electrons. The lowest BCUT2D eigenvalue weighted by atomic mass is 9.97. The smallest absolute Gasteiger partial charge is 0.207 e. The van der Waals surface area contributed by atoms with E-state index >= 15 is 0 Å². The van der Waals surface area contributed by atoms with Crippen LogP contribution >= 0.6 is 11.6 Å². The maximum atomic E-state index is 12.9. The van der Waals surface area contributed by atoms with E-state index in [1.54, 1.807) is 16.4 Å². The fraction of sp³-hybridized carbons (Fsp3) is 0.500. The highest BCUT2D eigenvalue weighted by molar-refractivity contribution is 7.89. The quantitative estimate of drug-likeness (QED) is 0.618. The minimum Gasteiger partial charge on any atom is -0.207 e. The van der Waals surface area contributed by atoms with Crippen molar-refractivity contribution in [1.82, 2.24) is 4.31 Å². The van der Waals surface area contributed by atoms with E-state index in [9.17, 15) is 8.42 Å². The van der Waals surface area contributed by atoms with Crippen molar-refractivity contribution in [2.24, 2.45) is 5.92 Å². The van der Waals surface area contributed by atoms with E-state index < -0.39 is 10.0 Å². The monoisotopic (exact) mass is 325 g/mol. The van der Waals surface area contributed by atoms with E-state index in [-0.39, 0.29) is 11.4 Å². The summed E-state index contributed by atoms with van der Waals surface area (Å²) in [5.74, 6) is 0.394. The number of alkyl halides is 1. The lowest BCUT2D eigenvalue weighted by Crippen LogP contribution is -2.36. The maximum absolute atomic E-state index is 12.9. The first-order valence-corrected chi connectivity index (χ1v) is 9.27. The van der Waals surface area contributed by atoms with Crippen molar-refractivity contribution in [2.45, 2.75) is 42.5 Å². The van der Waals surface area contributed by atoms with Crippen LogP contribution in [0.2, 0.25) is 0 Å². The molecule has 1 fully saturated rings. The molecule has 3 unspecified atom stereocenters. The zero-order valence-electron chi connectivity index (χ0n) is 12.1. The van der Waals surface area contributed by atoms with E-state index in [1.165, 1.54) is 0 Å². The molecule has 1 aromatic rings. The van der Waals surface area contributed by atoms with Crippen LogP contribution in [0, 0.1) is 12.8 Å². The third-order valence-corrected chi connectivity index (χ3v) is 6.77. The van der Waals surface area contributed by atoms with Gasteiger partial charge in [-0.05, 0) is 44.2 Å². The number of aryl methyl sites for hydroxylation is 1. The molecule has 21 heavy (non-hydrogen) atoms. The molecule has 3 atom stereocenters. The number of rotatable bonds is 2. The highest BCUT2D eigenvalue weighted by Crippen LogP contribution is 2.36. The van der Waals surface area contributed by atoms with Crippen LogP contribution in [-0.4, -0.2) is 30.7 Å². The van der Waals surface area contributed by atoms with Gasteiger partial charge in [-0.2, -0.15) is 4.31 Å². The third kappa shape index (κ3) is 2.89. The molecule has 1 saturated heterocycles. The normalized spacial score (nSPS) is 30.1. The Hall–Kier alpha value is -0.840. The number of nitrogens with zero attached hydrogens (tertiary/aromatic N) is 1. The molecule has 1 aliphatic heterocycles. The van der Waals surface area contributed by atoms with E-state index in [2.05, 4.69) is 0 Å². The number of halogens is 1. The molecule has 1 aliphatic carbocycles. The first kappa shape index (κ1) is 15.1. The Morgan fingerprint density at radius 1 is 1.10 bits per heavy atom. The summed E-state index contributed by atoms with van der Waals surface area (Å²) in [7, 11) is -3.42. The molecule has 1 heterocycles. The minimum absolute atomic E-state index is 0.0273. The average molecular weight is 326 g/mol. The van der Waals surface area contributed by atoms with Gasteiger partial charge in [0.15, 0.2) is 0 Å². The predicted octanol–water partition coefficient (Wildman–Crippen LogP) is 3.33. The van der Waals surface area contributed by atoms with Crippen LogP contribution in [-0.2, 0) is 10.0 Å². The van der Waals surface area contributed by atoms with E-state index in [4.69, 9.17) is 11.6 Å². The van der Waals surface area contributed by atoms with Crippen LogP contribution < -0.4 is 0 Å². The highest BCUT2D eigenvalue weighted by atomic mass is 35.5. The van der Waals surface area contributed by atoms with Gasteiger partial charge in [-0.1, -0.05) is 29.8 Å². The highest BCUT2D eigenvalue weighted by Gasteiger charge is 2.40. The Labute approximate surface area is 131 Å². The average Bonchev–Trinajstić information content (AvgIpc) is 2.78. The Morgan fingerprint density at radius 3 is 2.52 bits per heavy atom. The van der Waals surface area contributed by atoms with Crippen molar-refractivity contribution < 1.29 is 8.42 Å². The van der Waals surface area contributed by atoms with Gasteiger partial charge in [0.1, 0.15) is 0 Å². The van der Waals surface area contributed by atoms with Gasteiger partial charge < -0.3 is 0 Å². The molecule has 0 aromatic heterocycles. The topological polar surface area (TPSA) is 37.4 Å². The van der Waals surface area contributed by atoms with Crippen LogP contribution in [0.5, 0.6) is 0 Å². The standard InChI is InChI=1S/C16H20ClNO2S/c1-12-2-7-15(8-3-12)21(19,20)18-11-10-13-4-5-14(17)6-9-16(13)18/h2-3,6-9,13-14,16H,4-5,10-11H2,1H3. The Bertz CT molecular complexity index is 639. The van der Waals surface area contributed by atoms with Gasteiger partial charge in [-0.3, -0.25) is 0 Å². The van der Waals surface area contributed by atoms with Crippen molar-refractivity contribution in [3.63, 3.8) is 0 Å². The second-order valence-corrected chi connectivity index (χ2v) is 8.40. The second kappa shape index (κ2) is 5.75. The summed E-state index contributed by atoms with van der Waals surface area (Å²) in [4.78, 5) is 0.383. The van der Waals surface area contributed by atoms with Crippen LogP contribution in [0.4, 0.5) is 0 Å². The molecular weight excluding hydrogens is 306 g/mol. The van der Waals surface area contributed by atoms with Gasteiger partial charge in [0.2, 0.25) is 10.0 Å². The number of sulfonamides is 1. The summed E-state index contributed by atoms with van der Waals surface area (Å²) in [5.41, 5.74) is 1.06. The summed E-state index contributed by atoms with van der Waals surface area (Å²) in [6.45, 7) is 2.56. The fourth-order valence-corrected chi connectivity index (χ4v) is 5.12. The molecule has 3 rings (SSSR count). The van der Waals surface area contributed by atoms with Gasteiger partial charge in [0.05, 0.1) is 10.3 Å². The van der Waals surface area contributed by atoms with Gasteiger partial charge in [-0.25, -0.2) is 8.42 Å². The van der Waals surface area contributed by atoms with Crippen molar-refractivity contribution in [3.05, 3.63) is 42.0 Å². The SMILES string of the molecule is Cc1ccc(S(=O)(=O)N2CCC3CCC(Cl)C=CC32)cc1. The first-order valence-electron chi connectivity index (χ1n) is 7.39. The Morgan fingerprint density at radius 2 is 1.81 bits per heavy atom. The Kier molecular flexibility index (Phi) is 4.12. The number of allylic oxidation sites excluding steroid dienone is 1. The van der Waals surface area contributed by atoms with Gasteiger partial charge in [0, 0.05) is 12.6 Å². The molecule has 0 radical (unpaired) electrons. The van der Waals surface area contributed by atoms with Crippen LogP contribution in [0.15, 0.2) is 41.3 Å². The number of fused-ring (bicyclic) bond motifs is 1.